The van der Waals surface area contributed by atoms with E-state index in [0.29, 0.717) is 15.0 Å². The van der Waals surface area contributed by atoms with E-state index in [1.54, 1.807) is 33.2 Å². The number of rotatable bonds is 20. The van der Waals surface area contributed by atoms with Crippen LogP contribution in [-0.4, -0.2) is 148 Å². The molecule has 3 aliphatic rings. The van der Waals surface area contributed by atoms with Crippen LogP contribution in [0.5, 0.6) is 0 Å². The second-order valence-electron chi connectivity index (χ2n) is 24.2. The SMILES string of the molecule is CCC[CH2][Sn]([CH2]CCC)([CH2]CCC)[c]1cn(C)cn1.CN1[C@@H](C(=O)Nc2ccc(F)c(Cl)c2)C[C@@H](c2ncc(Br)s2)NS1(=O)=O.CN1[C@H](C(=O)Nc2ccc(F)c(Cl)c2)C[C@@H](c2ncc(-c3cn(C)cn3)s2)NS1(=O)=O.CN1[C@H](C(=O)Nc2ccc(F)c(Cl)c2)C[C@@H](c2ncc(Br)s2)NS1(=O)=O. The van der Waals surface area contributed by atoms with Gasteiger partial charge >= 0.3 is 124 Å². The number of aryl methyl sites for hydroxylation is 2. The molecule has 6 N–H and O–H groups in total. The molecule has 0 radical (unpaired) electrons. The van der Waals surface area contributed by atoms with Gasteiger partial charge < -0.3 is 20.5 Å². The van der Waals surface area contributed by atoms with Crippen molar-refractivity contribution in [3.8, 4) is 10.6 Å². The summed E-state index contributed by atoms with van der Waals surface area (Å²) in [6.07, 6.45) is 21.4. The van der Waals surface area contributed by atoms with Crippen molar-refractivity contribution in [2.75, 3.05) is 37.1 Å². The topological polar surface area (TPSA) is 310 Å². The van der Waals surface area contributed by atoms with Gasteiger partial charge in [-0.15, -0.1) is 34.0 Å². The third kappa shape index (κ3) is 21.8. The number of carbonyl (C=O) groups excluding carboxylic acids is 3. The van der Waals surface area contributed by atoms with E-state index in [4.69, 9.17) is 39.8 Å². The molecule has 0 spiro atoms. The Balaban J connectivity index is 0.000000175. The third-order valence-electron chi connectivity index (χ3n) is 16.8. The van der Waals surface area contributed by atoms with E-state index >= 15 is 0 Å². The largest absolute Gasteiger partial charge is 0.340 e. The number of anilines is 3. The molecule has 3 saturated heterocycles. The molecule has 8 heterocycles. The number of aromatic nitrogens is 7. The normalized spacial score (nSPS) is 20.4. The molecule has 25 nitrogen and oxygen atoms in total. The standard InChI is InChI=1S/C18H18ClFN6O3S2.2C14H13BrClFN4O3S2.C4H5N2.3C4H9.Sn/c1-25-8-14(22-9-25)16-7-21-18(30-16)13-6-15(26(2)31(28,29)24-13)17(27)23-10-3-4-12(20)11(19)5-10;2*1-21-11(13(22)19-7-2-3-9(17)8(16)4-7)5-10(20-26(21,23)24)14-18-6-12(15)25-14;1-6-3-2-5-4-6;3*1-3-4-2;/h3-5,7-9,13,15,24H,6H2,1-2H3,(H,23,27);2*2-4,6,10-11,20H,5H2,1H3,(H,19,22);3-4H,1H3;3*1,3-4H2,2H3;/t13-,15-;10-,11+;10-,11-;;;;;/m000...../s1. The van der Waals surface area contributed by atoms with Crippen molar-refractivity contribution in [1.82, 2.24) is 61.1 Å². The number of halogens is 8. The summed E-state index contributed by atoms with van der Waals surface area (Å²) < 4.78 is 137. The maximum atomic E-state index is 13.4. The number of likely N-dealkylation sites (N-methyl/N-ethyl adjacent to an activating group) is 3. The molecule has 5 aromatic heterocycles. The summed E-state index contributed by atoms with van der Waals surface area (Å²) in [5, 5.41) is 8.96. The van der Waals surface area contributed by atoms with E-state index in [0.717, 1.165) is 49.3 Å². The first-order valence-corrected chi connectivity index (χ1v) is 48.8. The molecule has 0 bridgehead atoms. The second kappa shape index (κ2) is 36.8. The molecular formula is C62H76Br2Cl3F3N16O9S6Sn. The Kier molecular flexibility index (Phi) is 30.0. The van der Waals surface area contributed by atoms with E-state index < -0.39 is 120 Å². The van der Waals surface area contributed by atoms with Gasteiger partial charge in [0.25, 0.3) is 30.6 Å². The molecule has 3 fully saturated rings. The van der Waals surface area contributed by atoms with Crippen LogP contribution in [0.4, 0.5) is 30.2 Å². The Labute approximate surface area is 639 Å². The van der Waals surface area contributed by atoms with Crippen molar-refractivity contribution in [2.45, 2.75) is 128 Å². The van der Waals surface area contributed by atoms with Gasteiger partial charge in [0.15, 0.2) is 0 Å². The molecule has 554 valence electrons. The molecule has 0 unspecified atom stereocenters. The Morgan fingerprint density at radius 3 is 1.15 bits per heavy atom. The van der Waals surface area contributed by atoms with Crippen LogP contribution in [0.3, 0.4) is 0 Å². The number of unbranched alkanes of at least 4 members (excludes halogenated alkanes) is 3. The molecule has 102 heavy (non-hydrogen) atoms. The molecular weight excluding hydrogens is 1750 g/mol. The number of hydrogen-bond donors (Lipinski definition) is 6. The van der Waals surface area contributed by atoms with Gasteiger partial charge in [0.1, 0.15) is 50.6 Å². The predicted octanol–water partition coefficient (Wildman–Crippen LogP) is 12.9. The molecule has 6 atom stereocenters. The fraction of sp³-hybridized carbons (Fsp3) is 0.419. The summed E-state index contributed by atoms with van der Waals surface area (Å²) in [5.41, 5.74) is 1.55. The zero-order valence-electron chi connectivity index (χ0n) is 56.3. The van der Waals surface area contributed by atoms with Crippen molar-refractivity contribution < 1.29 is 52.8 Å². The van der Waals surface area contributed by atoms with Crippen molar-refractivity contribution >= 4 is 188 Å². The summed E-state index contributed by atoms with van der Waals surface area (Å²) >= 11 is 25.4. The number of amides is 3. The first-order valence-electron chi connectivity index (χ1n) is 31.8. The Morgan fingerprint density at radius 1 is 0.520 bits per heavy atom. The summed E-state index contributed by atoms with van der Waals surface area (Å²) in [6, 6.07) is 6.36. The molecule has 0 saturated carbocycles. The Morgan fingerprint density at radius 2 is 0.853 bits per heavy atom. The number of hydrogen-bond acceptors (Lipinski definition) is 17. The number of imidazole rings is 2. The number of nitrogens with one attached hydrogen (secondary N) is 6. The van der Waals surface area contributed by atoms with Gasteiger partial charge in [-0.3, -0.25) is 14.4 Å². The van der Waals surface area contributed by atoms with Crippen LogP contribution in [0, 0.1) is 17.5 Å². The Bertz CT molecular complexity index is 4430. The van der Waals surface area contributed by atoms with E-state index in [2.05, 4.69) is 120 Å². The molecule has 8 aromatic rings. The van der Waals surface area contributed by atoms with E-state index in [9.17, 15) is 52.8 Å². The fourth-order valence-corrected chi connectivity index (χ4v) is 34.7. The molecule has 0 aliphatic carbocycles. The zero-order chi connectivity index (χ0) is 74.6. The van der Waals surface area contributed by atoms with Crippen LogP contribution < -0.4 is 33.8 Å². The summed E-state index contributed by atoms with van der Waals surface area (Å²) in [4.78, 5) is 60.7. The van der Waals surface area contributed by atoms with Gasteiger partial charge in [-0.1, -0.05) is 34.8 Å². The van der Waals surface area contributed by atoms with Crippen molar-refractivity contribution in [3.63, 3.8) is 0 Å². The average Bonchev–Trinajstić information content (AvgIpc) is 1.12. The van der Waals surface area contributed by atoms with Crippen LogP contribution in [0.25, 0.3) is 10.6 Å². The summed E-state index contributed by atoms with van der Waals surface area (Å²) in [6.45, 7) is 6.98. The molecule has 3 amide bonds. The van der Waals surface area contributed by atoms with Crippen LogP contribution in [0.15, 0.2) is 106 Å². The molecule has 40 heteroatoms. The van der Waals surface area contributed by atoms with E-state index in [-0.39, 0.29) is 51.4 Å². The van der Waals surface area contributed by atoms with Gasteiger partial charge in [-0.05, 0) is 106 Å². The van der Waals surface area contributed by atoms with Crippen LogP contribution >= 0.6 is 101 Å². The van der Waals surface area contributed by atoms with Crippen LogP contribution in [0.1, 0.15) is 112 Å². The monoisotopic (exact) mass is 1820 g/mol. The average molecular weight is 1820 g/mol. The smallest absolute Gasteiger partial charge is 0.280 e. The molecule has 3 aliphatic heterocycles. The van der Waals surface area contributed by atoms with Crippen molar-refractivity contribution in [1.29, 1.82) is 0 Å². The molecule has 3 aromatic carbocycles. The number of thiazole rings is 3. The fourth-order valence-electron chi connectivity index (χ4n) is 11.2. The van der Waals surface area contributed by atoms with Gasteiger partial charge in [-0.25, -0.2) is 33.1 Å². The minimum Gasteiger partial charge on any atom is -0.340 e. The van der Waals surface area contributed by atoms with E-state index in [1.165, 1.54) is 143 Å². The first-order chi connectivity index (χ1) is 48.2. The van der Waals surface area contributed by atoms with E-state index in [1.807, 2.05) is 19.6 Å². The Hall–Kier alpha value is -4.59. The maximum absolute atomic E-state index is 13.4. The van der Waals surface area contributed by atoms with Gasteiger partial charge in [-0.2, -0.15) is 52.3 Å². The van der Waals surface area contributed by atoms with Crippen LogP contribution in [0.2, 0.25) is 28.4 Å². The summed E-state index contributed by atoms with van der Waals surface area (Å²) in [5.74, 6) is -3.47. The number of nitrogens with zero attached hydrogens (tertiary/aromatic N) is 10. The first kappa shape index (κ1) is 83.1. The third-order valence-corrected chi connectivity index (χ3v) is 41.8. The predicted molar refractivity (Wildman–Crippen MR) is 405 cm³/mol. The minimum absolute atomic E-state index is 0.139. The van der Waals surface area contributed by atoms with Gasteiger partial charge in [0, 0.05) is 57.6 Å². The number of benzene rings is 3. The zero-order valence-corrected chi connectivity index (χ0v) is 69.5. The minimum atomic E-state index is -3.93. The molecule has 11 rings (SSSR count). The van der Waals surface area contributed by atoms with Crippen molar-refractivity contribution in [2.24, 2.45) is 14.1 Å². The van der Waals surface area contributed by atoms with Gasteiger partial charge in [0.05, 0.1) is 70.1 Å². The van der Waals surface area contributed by atoms with Crippen LogP contribution in [-0.2, 0) is 59.1 Å². The number of carbonyl (C=O) groups is 3. The maximum Gasteiger partial charge on any atom is 0.280 e. The van der Waals surface area contributed by atoms with Gasteiger partial charge in [0.2, 0.25) is 17.7 Å². The quantitative estimate of drug-likeness (QED) is 0.0387. The second-order valence-corrected chi connectivity index (χ2v) is 49.7. The van der Waals surface area contributed by atoms with Crippen molar-refractivity contribution in [3.05, 3.63) is 153 Å². The summed E-state index contributed by atoms with van der Waals surface area (Å²) in [7, 11) is -3.73.